The molecule has 0 bridgehead atoms. The van der Waals surface area contributed by atoms with Crippen LogP contribution in [0.25, 0.3) is 0 Å². The van der Waals surface area contributed by atoms with Gasteiger partial charge in [0.15, 0.2) is 0 Å². The Kier molecular flexibility index (Phi) is 3.49. The van der Waals surface area contributed by atoms with E-state index in [2.05, 4.69) is 25.5 Å². The molecule has 0 radical (unpaired) electrons. The van der Waals surface area contributed by atoms with Crippen LogP contribution in [-0.2, 0) is 11.3 Å². The summed E-state index contributed by atoms with van der Waals surface area (Å²) in [6.07, 6.45) is 3.21. The summed E-state index contributed by atoms with van der Waals surface area (Å²) >= 11 is -1.86. The van der Waals surface area contributed by atoms with Crippen LogP contribution in [0.3, 0.4) is 0 Å². The summed E-state index contributed by atoms with van der Waals surface area (Å²) in [5.41, 5.74) is 0.300. The second-order valence-corrected chi connectivity index (χ2v) is 5.71. The SMILES string of the molecule is CC1CC(NS(=O)O)CC(C)(C)C1. The Bertz CT molecular complexity index is 206. The van der Waals surface area contributed by atoms with E-state index in [4.69, 9.17) is 4.55 Å². The highest BCUT2D eigenvalue weighted by Crippen LogP contribution is 2.38. The molecule has 0 aliphatic heterocycles. The molecule has 3 nitrogen and oxygen atoms in total. The highest BCUT2D eigenvalue weighted by molar-refractivity contribution is 7.77. The number of rotatable bonds is 2. The largest absolute Gasteiger partial charge is 0.294 e. The van der Waals surface area contributed by atoms with Gasteiger partial charge in [-0.05, 0) is 30.6 Å². The van der Waals surface area contributed by atoms with Crippen LogP contribution in [0.5, 0.6) is 0 Å². The summed E-state index contributed by atoms with van der Waals surface area (Å²) in [5, 5.41) is 0. The van der Waals surface area contributed by atoms with E-state index in [1.807, 2.05) is 0 Å². The molecule has 1 saturated carbocycles. The quantitative estimate of drug-likeness (QED) is 0.677. The molecule has 0 spiro atoms. The van der Waals surface area contributed by atoms with Crippen LogP contribution in [0.15, 0.2) is 0 Å². The average molecular weight is 205 g/mol. The van der Waals surface area contributed by atoms with E-state index >= 15 is 0 Å². The molecule has 3 atom stereocenters. The van der Waals surface area contributed by atoms with Crippen molar-refractivity contribution in [3.63, 3.8) is 0 Å². The van der Waals surface area contributed by atoms with Crippen LogP contribution < -0.4 is 4.72 Å². The first-order valence-corrected chi connectivity index (χ1v) is 5.87. The van der Waals surface area contributed by atoms with Crippen molar-refractivity contribution in [2.45, 2.75) is 46.1 Å². The van der Waals surface area contributed by atoms with Crippen LogP contribution >= 0.6 is 0 Å². The summed E-state index contributed by atoms with van der Waals surface area (Å²) in [6.45, 7) is 6.64. The Morgan fingerprint density at radius 1 is 1.46 bits per heavy atom. The fourth-order valence-corrected chi connectivity index (χ4v) is 3.04. The Hall–Kier alpha value is 0.0700. The van der Waals surface area contributed by atoms with Gasteiger partial charge in [0.2, 0.25) is 11.3 Å². The molecule has 0 amide bonds. The van der Waals surface area contributed by atoms with Gasteiger partial charge in [-0.1, -0.05) is 20.8 Å². The fraction of sp³-hybridized carbons (Fsp3) is 1.00. The third-order valence-electron chi connectivity index (χ3n) is 2.65. The van der Waals surface area contributed by atoms with Crippen LogP contribution in [-0.4, -0.2) is 14.8 Å². The zero-order valence-corrected chi connectivity index (χ0v) is 9.36. The van der Waals surface area contributed by atoms with Gasteiger partial charge in [-0.2, -0.15) is 0 Å². The number of hydrogen-bond donors (Lipinski definition) is 2. The zero-order chi connectivity index (χ0) is 10.1. The van der Waals surface area contributed by atoms with E-state index in [0.717, 1.165) is 12.8 Å². The van der Waals surface area contributed by atoms with Gasteiger partial charge in [0.1, 0.15) is 0 Å². The van der Waals surface area contributed by atoms with Crippen LogP contribution in [0.4, 0.5) is 0 Å². The van der Waals surface area contributed by atoms with Gasteiger partial charge in [-0.3, -0.25) is 4.55 Å². The summed E-state index contributed by atoms with van der Waals surface area (Å²) in [6, 6.07) is 0.199. The molecule has 0 aromatic rings. The standard InChI is InChI=1S/C9H19NO2S/c1-7-4-8(10-13(11)12)6-9(2,3)5-7/h7-8,10H,4-6H2,1-3H3,(H,11,12). The maximum absolute atomic E-state index is 10.6. The van der Waals surface area contributed by atoms with Crippen LogP contribution in [0.1, 0.15) is 40.0 Å². The van der Waals surface area contributed by atoms with Crippen molar-refractivity contribution in [1.29, 1.82) is 0 Å². The third kappa shape index (κ3) is 3.75. The molecule has 0 aromatic heterocycles. The number of nitrogens with one attached hydrogen (secondary N) is 1. The van der Waals surface area contributed by atoms with Gasteiger partial charge in [0, 0.05) is 6.04 Å². The fourth-order valence-electron chi connectivity index (χ4n) is 2.58. The van der Waals surface area contributed by atoms with Crippen molar-refractivity contribution in [3.05, 3.63) is 0 Å². The molecule has 1 fully saturated rings. The third-order valence-corrected chi connectivity index (χ3v) is 3.19. The first-order valence-electron chi connectivity index (χ1n) is 4.76. The predicted molar refractivity (Wildman–Crippen MR) is 54.5 cm³/mol. The van der Waals surface area contributed by atoms with E-state index in [-0.39, 0.29) is 6.04 Å². The molecule has 2 N–H and O–H groups in total. The monoisotopic (exact) mass is 205 g/mol. The first-order chi connectivity index (χ1) is 5.89. The molecule has 1 rings (SSSR count). The molecule has 4 heteroatoms. The molecule has 3 unspecified atom stereocenters. The van der Waals surface area contributed by atoms with Gasteiger partial charge in [-0.25, -0.2) is 8.93 Å². The minimum Gasteiger partial charge on any atom is -0.294 e. The first kappa shape index (κ1) is 11.1. The maximum atomic E-state index is 10.6. The highest BCUT2D eigenvalue weighted by Gasteiger charge is 2.32. The van der Waals surface area contributed by atoms with Crippen LogP contribution in [0, 0.1) is 11.3 Å². The molecule has 0 aromatic carbocycles. The van der Waals surface area contributed by atoms with Crippen molar-refractivity contribution >= 4 is 11.3 Å². The molecular formula is C9H19NO2S. The Balaban J connectivity index is 2.52. The Morgan fingerprint density at radius 2 is 2.08 bits per heavy atom. The molecule has 1 aliphatic carbocycles. The molecule has 78 valence electrons. The number of hydrogen-bond acceptors (Lipinski definition) is 1. The second-order valence-electron chi connectivity index (χ2n) is 4.98. The molecule has 1 aliphatic rings. The van der Waals surface area contributed by atoms with Crippen molar-refractivity contribution in [3.8, 4) is 0 Å². The lowest BCUT2D eigenvalue weighted by atomic mass is 9.71. The zero-order valence-electron chi connectivity index (χ0n) is 8.54. The van der Waals surface area contributed by atoms with Gasteiger partial charge in [0.25, 0.3) is 0 Å². The van der Waals surface area contributed by atoms with Gasteiger partial charge < -0.3 is 0 Å². The Labute approximate surface area is 82.7 Å². The normalized spacial score (nSPS) is 35.7. The minimum atomic E-state index is -1.86. The Morgan fingerprint density at radius 3 is 2.54 bits per heavy atom. The van der Waals surface area contributed by atoms with E-state index < -0.39 is 11.3 Å². The molecule has 0 heterocycles. The molecular weight excluding hydrogens is 186 g/mol. The van der Waals surface area contributed by atoms with E-state index in [0.29, 0.717) is 11.3 Å². The van der Waals surface area contributed by atoms with E-state index in [1.165, 1.54) is 6.42 Å². The smallest absolute Gasteiger partial charge is 0.231 e. The van der Waals surface area contributed by atoms with Crippen molar-refractivity contribution in [1.82, 2.24) is 4.72 Å². The summed E-state index contributed by atoms with van der Waals surface area (Å²) < 4.78 is 22.0. The van der Waals surface area contributed by atoms with E-state index in [1.54, 1.807) is 0 Å². The van der Waals surface area contributed by atoms with Crippen molar-refractivity contribution < 1.29 is 8.76 Å². The van der Waals surface area contributed by atoms with Crippen LogP contribution in [0.2, 0.25) is 0 Å². The van der Waals surface area contributed by atoms with Gasteiger partial charge in [0.05, 0.1) is 0 Å². The lowest BCUT2D eigenvalue weighted by molar-refractivity contribution is 0.162. The van der Waals surface area contributed by atoms with Gasteiger partial charge >= 0.3 is 0 Å². The topological polar surface area (TPSA) is 49.3 Å². The maximum Gasteiger partial charge on any atom is 0.231 e. The second kappa shape index (κ2) is 4.07. The summed E-state index contributed by atoms with van der Waals surface area (Å²) in [5.74, 6) is 0.643. The molecule has 13 heavy (non-hydrogen) atoms. The van der Waals surface area contributed by atoms with Crippen molar-refractivity contribution in [2.75, 3.05) is 0 Å². The average Bonchev–Trinajstić information content (AvgIpc) is 1.78. The predicted octanol–water partition coefficient (Wildman–Crippen LogP) is 1.93. The van der Waals surface area contributed by atoms with E-state index in [9.17, 15) is 4.21 Å². The minimum absolute atomic E-state index is 0.199. The summed E-state index contributed by atoms with van der Waals surface area (Å²) in [4.78, 5) is 0. The lowest BCUT2D eigenvalue weighted by Crippen LogP contribution is -2.40. The highest BCUT2D eigenvalue weighted by atomic mass is 32.2. The van der Waals surface area contributed by atoms with Gasteiger partial charge in [-0.15, -0.1) is 0 Å². The lowest BCUT2D eigenvalue weighted by Gasteiger charge is -2.38. The molecule has 0 saturated heterocycles. The summed E-state index contributed by atoms with van der Waals surface area (Å²) in [7, 11) is 0. The van der Waals surface area contributed by atoms with Crippen molar-refractivity contribution in [2.24, 2.45) is 11.3 Å².